The Balaban J connectivity index is 1.95. The fourth-order valence-corrected chi connectivity index (χ4v) is 2.42. The van der Waals surface area contributed by atoms with Crippen LogP contribution in [0.15, 0.2) is 30.5 Å². The van der Waals surface area contributed by atoms with Gasteiger partial charge in [-0.15, -0.1) is 0 Å². The zero-order chi connectivity index (χ0) is 14.1. The van der Waals surface area contributed by atoms with E-state index in [9.17, 15) is 9.18 Å². The van der Waals surface area contributed by atoms with Crippen molar-refractivity contribution in [3.05, 3.63) is 58.7 Å². The van der Waals surface area contributed by atoms with Crippen molar-refractivity contribution >= 4 is 5.78 Å². The number of hydrogen-bond donors (Lipinski definition) is 0. The molecule has 2 nitrogen and oxygen atoms in total. The Morgan fingerprint density at radius 2 is 2.15 bits per heavy atom. The van der Waals surface area contributed by atoms with E-state index in [1.165, 1.54) is 6.07 Å². The summed E-state index contributed by atoms with van der Waals surface area (Å²) in [7, 11) is 0. The molecule has 0 radical (unpaired) electrons. The fraction of sp³-hybridized carbons (Fsp3) is 0.235. The van der Waals surface area contributed by atoms with Gasteiger partial charge in [0.1, 0.15) is 5.82 Å². The molecule has 0 saturated heterocycles. The Bertz CT molecular complexity index is 746. The molecule has 0 unspecified atom stereocenters. The van der Waals surface area contributed by atoms with Gasteiger partial charge in [0.15, 0.2) is 5.78 Å². The molecule has 0 fully saturated rings. The lowest BCUT2D eigenvalue weighted by molar-refractivity contribution is 0.0955. The zero-order valence-electron chi connectivity index (χ0n) is 11.2. The van der Waals surface area contributed by atoms with Crippen LogP contribution in [-0.4, -0.2) is 10.4 Å². The lowest BCUT2D eigenvalue weighted by atomic mass is 10.1. The van der Waals surface area contributed by atoms with Crippen molar-refractivity contribution < 1.29 is 9.18 Å². The number of ketones is 1. The molecule has 0 saturated carbocycles. The number of hydrogen-bond acceptors (Lipinski definition) is 1. The molecule has 2 heterocycles. The van der Waals surface area contributed by atoms with Crippen molar-refractivity contribution in [3.8, 4) is 11.8 Å². The number of aromatic nitrogens is 1. The van der Waals surface area contributed by atoms with Gasteiger partial charge in [0.05, 0.1) is 5.69 Å². The zero-order valence-corrected chi connectivity index (χ0v) is 11.2. The summed E-state index contributed by atoms with van der Waals surface area (Å²) in [5.41, 5.74) is 2.77. The van der Waals surface area contributed by atoms with Crippen LogP contribution in [0.5, 0.6) is 0 Å². The Kier molecular flexibility index (Phi) is 3.15. The molecule has 2 aromatic rings. The van der Waals surface area contributed by atoms with Crippen LogP contribution in [0.4, 0.5) is 4.39 Å². The van der Waals surface area contributed by atoms with Crippen LogP contribution in [0.25, 0.3) is 0 Å². The van der Waals surface area contributed by atoms with E-state index in [0.29, 0.717) is 17.5 Å². The molecule has 0 aliphatic carbocycles. The van der Waals surface area contributed by atoms with Crippen molar-refractivity contribution in [2.75, 3.05) is 0 Å². The van der Waals surface area contributed by atoms with E-state index in [-0.39, 0.29) is 11.6 Å². The molecule has 1 aromatic heterocycles. The van der Waals surface area contributed by atoms with Crippen LogP contribution in [0, 0.1) is 24.6 Å². The van der Waals surface area contributed by atoms with E-state index in [4.69, 9.17) is 0 Å². The summed E-state index contributed by atoms with van der Waals surface area (Å²) >= 11 is 0. The first-order valence-corrected chi connectivity index (χ1v) is 6.65. The summed E-state index contributed by atoms with van der Waals surface area (Å²) in [5.74, 6) is 5.92. The molecular formula is C17H14FNO. The van der Waals surface area contributed by atoms with Gasteiger partial charge in [0.25, 0.3) is 0 Å². The molecule has 1 aliphatic rings. The van der Waals surface area contributed by atoms with Gasteiger partial charge >= 0.3 is 0 Å². The van der Waals surface area contributed by atoms with Gasteiger partial charge in [0.2, 0.25) is 0 Å². The minimum atomic E-state index is -0.247. The number of rotatable bonds is 0. The first kappa shape index (κ1) is 12.7. The first-order valence-electron chi connectivity index (χ1n) is 6.65. The summed E-state index contributed by atoms with van der Waals surface area (Å²) in [6.45, 7) is 2.58. The second-order valence-corrected chi connectivity index (χ2v) is 5.00. The fourth-order valence-electron chi connectivity index (χ4n) is 2.42. The van der Waals surface area contributed by atoms with Gasteiger partial charge < -0.3 is 4.57 Å². The minimum Gasteiger partial charge on any atom is -0.344 e. The maximum absolute atomic E-state index is 13.4. The van der Waals surface area contributed by atoms with Gasteiger partial charge in [-0.1, -0.05) is 17.9 Å². The van der Waals surface area contributed by atoms with Crippen molar-refractivity contribution in [1.29, 1.82) is 0 Å². The van der Waals surface area contributed by atoms with E-state index in [0.717, 1.165) is 24.2 Å². The summed E-state index contributed by atoms with van der Waals surface area (Å²) in [4.78, 5) is 11.8. The van der Waals surface area contributed by atoms with Crippen LogP contribution in [0.3, 0.4) is 0 Å². The number of Topliss-reactive ketones (excluding diaryl/α,β-unsaturated/α-hetero) is 1. The van der Waals surface area contributed by atoms with Crippen LogP contribution in [0.1, 0.15) is 40.0 Å². The number of halogens is 1. The third-order valence-electron chi connectivity index (χ3n) is 3.59. The highest BCUT2D eigenvalue weighted by Crippen LogP contribution is 2.18. The van der Waals surface area contributed by atoms with Gasteiger partial charge in [-0.05, 0) is 31.5 Å². The minimum absolute atomic E-state index is 0.172. The second-order valence-electron chi connectivity index (χ2n) is 5.00. The van der Waals surface area contributed by atoms with Gasteiger partial charge in [-0.3, -0.25) is 4.79 Å². The first-order chi connectivity index (χ1) is 9.65. The van der Waals surface area contributed by atoms with E-state index in [2.05, 4.69) is 11.8 Å². The van der Waals surface area contributed by atoms with E-state index in [1.807, 2.05) is 16.8 Å². The number of nitrogens with zero attached hydrogens (tertiary/aromatic N) is 1. The second kappa shape index (κ2) is 4.97. The Morgan fingerprint density at radius 1 is 1.30 bits per heavy atom. The Hall–Kier alpha value is -2.34. The van der Waals surface area contributed by atoms with Crippen LogP contribution in [-0.2, 0) is 6.54 Å². The lowest BCUT2D eigenvalue weighted by Gasteiger charge is -2.12. The molecule has 20 heavy (non-hydrogen) atoms. The molecule has 0 spiro atoms. The van der Waals surface area contributed by atoms with Gasteiger partial charge in [-0.2, -0.15) is 0 Å². The molecule has 100 valence electrons. The molecule has 1 aromatic carbocycles. The molecule has 0 N–H and O–H groups in total. The molecule has 1 aliphatic heterocycles. The Morgan fingerprint density at radius 3 is 2.95 bits per heavy atom. The summed E-state index contributed by atoms with van der Waals surface area (Å²) in [6, 6.07) is 6.70. The molecule has 3 rings (SSSR count). The smallest absolute Gasteiger partial charge is 0.179 e. The van der Waals surface area contributed by atoms with E-state index >= 15 is 0 Å². The quantitative estimate of drug-likeness (QED) is 0.671. The predicted octanol–water partition coefficient (Wildman–Crippen LogP) is 3.31. The van der Waals surface area contributed by atoms with E-state index in [1.54, 1.807) is 19.1 Å². The average molecular weight is 267 g/mol. The maximum Gasteiger partial charge on any atom is 0.179 e. The number of carbonyl (C=O) groups is 1. The standard InChI is InChI=1S/C17H14FNO/c1-12-14(4-2-5-15(12)18)8-7-13-10-16-17(20)6-3-9-19(16)11-13/h2,4-5,10-11H,3,6,9H2,1H3. The molecule has 0 bridgehead atoms. The maximum atomic E-state index is 13.4. The number of carbonyl (C=O) groups excluding carboxylic acids is 1. The van der Waals surface area contributed by atoms with Crippen LogP contribution in [0.2, 0.25) is 0 Å². The largest absolute Gasteiger partial charge is 0.344 e. The van der Waals surface area contributed by atoms with E-state index < -0.39 is 0 Å². The third kappa shape index (κ3) is 2.25. The molecule has 0 amide bonds. The van der Waals surface area contributed by atoms with Gasteiger partial charge in [0, 0.05) is 35.9 Å². The highest BCUT2D eigenvalue weighted by Gasteiger charge is 2.17. The molecule has 0 atom stereocenters. The van der Waals surface area contributed by atoms with Crippen molar-refractivity contribution in [2.24, 2.45) is 0 Å². The third-order valence-corrected chi connectivity index (χ3v) is 3.59. The summed E-state index contributed by atoms with van der Waals surface area (Å²) < 4.78 is 15.4. The van der Waals surface area contributed by atoms with Crippen LogP contribution >= 0.6 is 0 Å². The SMILES string of the molecule is Cc1c(F)cccc1C#Cc1cc2n(c1)CCCC2=O. The summed E-state index contributed by atoms with van der Waals surface area (Å²) in [5, 5.41) is 0. The van der Waals surface area contributed by atoms with Gasteiger partial charge in [-0.25, -0.2) is 4.39 Å². The highest BCUT2D eigenvalue weighted by molar-refractivity contribution is 5.95. The highest BCUT2D eigenvalue weighted by atomic mass is 19.1. The normalized spacial score (nSPS) is 13.6. The molecule has 3 heteroatoms. The number of fused-ring (bicyclic) bond motifs is 1. The Labute approximate surface area is 117 Å². The molecular weight excluding hydrogens is 253 g/mol. The number of benzene rings is 1. The summed E-state index contributed by atoms with van der Waals surface area (Å²) in [6.07, 6.45) is 3.39. The predicted molar refractivity (Wildman–Crippen MR) is 75.1 cm³/mol. The topological polar surface area (TPSA) is 22.0 Å². The van der Waals surface area contributed by atoms with Crippen molar-refractivity contribution in [1.82, 2.24) is 4.57 Å². The van der Waals surface area contributed by atoms with Crippen LogP contribution < -0.4 is 0 Å². The lowest BCUT2D eigenvalue weighted by Crippen LogP contribution is -2.14. The van der Waals surface area contributed by atoms with Crippen molar-refractivity contribution in [3.63, 3.8) is 0 Å². The van der Waals surface area contributed by atoms with Crippen molar-refractivity contribution in [2.45, 2.75) is 26.3 Å². The number of aryl methyl sites for hydroxylation is 1. The monoisotopic (exact) mass is 267 g/mol. The average Bonchev–Trinajstić information content (AvgIpc) is 2.85.